The molecule has 1 fully saturated rings. The second-order valence-electron chi connectivity index (χ2n) is 8.29. The molecule has 7 heteroatoms. The van der Waals surface area contributed by atoms with Gasteiger partial charge in [0.2, 0.25) is 15.9 Å². The first kappa shape index (κ1) is 23.4. The summed E-state index contributed by atoms with van der Waals surface area (Å²) in [6, 6.07) is 19.0. The third-order valence-corrected chi connectivity index (χ3v) is 7.86. The van der Waals surface area contributed by atoms with Crippen LogP contribution in [0.15, 0.2) is 60.7 Å². The van der Waals surface area contributed by atoms with Crippen LogP contribution in [0.4, 0.5) is 0 Å². The standard InChI is InChI=1S/C24H32N2O4S/c1-2-16-31(29,30)26-15-9-12-21(18-26)23(27)25-19-24(28,22-13-7-4-8-14-22)17-20-10-5-3-6-11-20/h3-8,10-11,13-14,21,28H,2,9,12,15-19H2,1H3,(H,25,27)/t21-,24+/m0/s1. The van der Waals surface area contributed by atoms with Crippen LogP contribution >= 0.6 is 0 Å². The molecule has 6 nitrogen and oxygen atoms in total. The maximum Gasteiger partial charge on any atom is 0.224 e. The Bertz CT molecular complexity index is 950. The van der Waals surface area contributed by atoms with E-state index in [1.54, 1.807) is 0 Å². The summed E-state index contributed by atoms with van der Waals surface area (Å²) in [5, 5.41) is 14.4. The Balaban J connectivity index is 1.70. The summed E-state index contributed by atoms with van der Waals surface area (Å²) in [5.41, 5.74) is 0.438. The van der Waals surface area contributed by atoms with Gasteiger partial charge in [0.05, 0.1) is 18.2 Å². The molecular formula is C24H32N2O4S. The van der Waals surface area contributed by atoms with Gasteiger partial charge in [-0.15, -0.1) is 0 Å². The lowest BCUT2D eigenvalue weighted by molar-refractivity contribution is -0.127. The van der Waals surface area contributed by atoms with Crippen molar-refractivity contribution in [1.82, 2.24) is 9.62 Å². The summed E-state index contributed by atoms with van der Waals surface area (Å²) in [6.07, 6.45) is 2.22. The van der Waals surface area contributed by atoms with Gasteiger partial charge in [0, 0.05) is 19.5 Å². The van der Waals surface area contributed by atoms with E-state index in [1.165, 1.54) is 4.31 Å². The quantitative estimate of drug-likeness (QED) is 0.623. The maximum atomic E-state index is 12.9. The number of nitrogens with zero attached hydrogens (tertiary/aromatic N) is 1. The van der Waals surface area contributed by atoms with Gasteiger partial charge in [-0.1, -0.05) is 67.6 Å². The number of carbonyl (C=O) groups is 1. The monoisotopic (exact) mass is 444 g/mol. The van der Waals surface area contributed by atoms with E-state index < -0.39 is 21.5 Å². The van der Waals surface area contributed by atoms with E-state index >= 15 is 0 Å². The SMILES string of the molecule is CCCS(=O)(=O)N1CCC[C@H](C(=O)NC[C@](O)(Cc2ccccc2)c2ccccc2)C1. The lowest BCUT2D eigenvalue weighted by atomic mass is 9.86. The number of benzene rings is 2. The third kappa shape index (κ3) is 6.15. The second kappa shape index (κ2) is 10.4. The van der Waals surface area contributed by atoms with Gasteiger partial charge in [-0.3, -0.25) is 4.79 Å². The zero-order valence-electron chi connectivity index (χ0n) is 18.0. The van der Waals surface area contributed by atoms with Crippen molar-refractivity contribution in [3.8, 4) is 0 Å². The highest BCUT2D eigenvalue weighted by molar-refractivity contribution is 7.89. The first-order chi connectivity index (χ1) is 14.8. The van der Waals surface area contributed by atoms with Crippen molar-refractivity contribution in [3.05, 3.63) is 71.8 Å². The Hall–Kier alpha value is -2.22. The molecule has 0 aromatic heterocycles. The van der Waals surface area contributed by atoms with Crippen LogP contribution in [0, 0.1) is 5.92 Å². The minimum absolute atomic E-state index is 0.0585. The number of piperidine rings is 1. The molecule has 2 aromatic carbocycles. The molecule has 31 heavy (non-hydrogen) atoms. The van der Waals surface area contributed by atoms with Gasteiger partial charge in [-0.05, 0) is 30.4 Å². The van der Waals surface area contributed by atoms with Crippen molar-refractivity contribution in [2.45, 2.75) is 38.2 Å². The van der Waals surface area contributed by atoms with Crippen LogP contribution in [0.1, 0.15) is 37.3 Å². The molecule has 2 atom stereocenters. The molecule has 0 spiro atoms. The molecule has 0 unspecified atom stereocenters. The summed E-state index contributed by atoms with van der Waals surface area (Å²) in [5.74, 6) is -0.512. The number of rotatable bonds is 9. The summed E-state index contributed by atoms with van der Waals surface area (Å²) in [4.78, 5) is 12.9. The normalized spacial score (nSPS) is 19.5. The number of hydrogen-bond acceptors (Lipinski definition) is 4. The minimum Gasteiger partial charge on any atom is -0.383 e. The van der Waals surface area contributed by atoms with Crippen LogP contribution in [0.3, 0.4) is 0 Å². The lowest BCUT2D eigenvalue weighted by Crippen LogP contribution is -2.49. The zero-order valence-corrected chi connectivity index (χ0v) is 18.9. The molecule has 1 aliphatic rings. The molecule has 1 heterocycles. The van der Waals surface area contributed by atoms with Gasteiger partial charge < -0.3 is 10.4 Å². The van der Waals surface area contributed by atoms with E-state index in [1.807, 2.05) is 67.6 Å². The van der Waals surface area contributed by atoms with Gasteiger partial charge in [0.25, 0.3) is 0 Å². The highest BCUT2D eigenvalue weighted by Gasteiger charge is 2.34. The van der Waals surface area contributed by atoms with Gasteiger partial charge >= 0.3 is 0 Å². The number of amides is 1. The topological polar surface area (TPSA) is 86.7 Å². The summed E-state index contributed by atoms with van der Waals surface area (Å²) < 4.78 is 26.3. The van der Waals surface area contributed by atoms with Crippen LogP contribution in [0.5, 0.6) is 0 Å². The average molecular weight is 445 g/mol. The van der Waals surface area contributed by atoms with Crippen molar-refractivity contribution in [2.75, 3.05) is 25.4 Å². The van der Waals surface area contributed by atoms with Gasteiger partial charge in [-0.2, -0.15) is 0 Å². The van der Waals surface area contributed by atoms with Crippen LogP contribution in [0.2, 0.25) is 0 Å². The number of hydrogen-bond donors (Lipinski definition) is 2. The highest BCUT2D eigenvalue weighted by atomic mass is 32.2. The molecule has 2 aromatic rings. The molecule has 1 amide bonds. The number of sulfonamides is 1. The molecule has 0 saturated carbocycles. The van der Waals surface area contributed by atoms with E-state index in [4.69, 9.17) is 0 Å². The van der Waals surface area contributed by atoms with Crippen molar-refractivity contribution < 1.29 is 18.3 Å². The smallest absolute Gasteiger partial charge is 0.224 e. The van der Waals surface area contributed by atoms with Crippen LogP contribution in [-0.4, -0.2) is 49.1 Å². The van der Waals surface area contributed by atoms with Crippen molar-refractivity contribution >= 4 is 15.9 Å². The molecule has 0 bridgehead atoms. The van der Waals surface area contributed by atoms with Crippen LogP contribution in [-0.2, 0) is 26.8 Å². The zero-order chi connectivity index (χ0) is 22.3. The first-order valence-electron chi connectivity index (χ1n) is 10.9. The van der Waals surface area contributed by atoms with Crippen molar-refractivity contribution in [3.63, 3.8) is 0 Å². The Morgan fingerprint density at radius 3 is 2.42 bits per heavy atom. The molecular weight excluding hydrogens is 412 g/mol. The molecule has 168 valence electrons. The van der Waals surface area contributed by atoms with Crippen molar-refractivity contribution in [1.29, 1.82) is 0 Å². The van der Waals surface area contributed by atoms with E-state index in [-0.39, 0.29) is 24.7 Å². The predicted molar refractivity (Wildman–Crippen MR) is 122 cm³/mol. The number of carbonyl (C=O) groups excluding carboxylic acids is 1. The van der Waals surface area contributed by atoms with Gasteiger partial charge in [0.1, 0.15) is 5.60 Å². The summed E-state index contributed by atoms with van der Waals surface area (Å²) in [7, 11) is -3.32. The van der Waals surface area contributed by atoms with Gasteiger partial charge in [0.15, 0.2) is 0 Å². The number of nitrogens with one attached hydrogen (secondary N) is 1. The molecule has 1 saturated heterocycles. The Labute approximate surface area is 185 Å². The second-order valence-corrected chi connectivity index (χ2v) is 10.4. The van der Waals surface area contributed by atoms with E-state index in [0.717, 1.165) is 11.1 Å². The highest BCUT2D eigenvalue weighted by Crippen LogP contribution is 2.26. The minimum atomic E-state index is -3.32. The maximum absolute atomic E-state index is 12.9. The fraction of sp³-hybridized carbons (Fsp3) is 0.458. The largest absolute Gasteiger partial charge is 0.383 e. The Morgan fingerprint density at radius 2 is 1.77 bits per heavy atom. The van der Waals surface area contributed by atoms with E-state index in [0.29, 0.717) is 32.2 Å². The third-order valence-electron chi connectivity index (χ3n) is 5.82. The fourth-order valence-corrected chi connectivity index (χ4v) is 5.71. The molecule has 0 aliphatic carbocycles. The fourth-order valence-electron chi connectivity index (χ4n) is 4.12. The average Bonchev–Trinajstić information content (AvgIpc) is 2.79. The summed E-state index contributed by atoms with van der Waals surface area (Å²) in [6.45, 7) is 2.57. The molecule has 2 N–H and O–H groups in total. The Morgan fingerprint density at radius 1 is 1.13 bits per heavy atom. The predicted octanol–water partition coefficient (Wildman–Crippen LogP) is 2.68. The van der Waals surface area contributed by atoms with Crippen LogP contribution in [0.25, 0.3) is 0 Å². The van der Waals surface area contributed by atoms with Crippen molar-refractivity contribution in [2.24, 2.45) is 5.92 Å². The van der Waals surface area contributed by atoms with E-state index in [9.17, 15) is 18.3 Å². The van der Waals surface area contributed by atoms with E-state index in [2.05, 4.69) is 5.32 Å². The Kier molecular flexibility index (Phi) is 7.86. The van der Waals surface area contributed by atoms with Gasteiger partial charge in [-0.25, -0.2) is 12.7 Å². The number of aliphatic hydroxyl groups is 1. The molecule has 3 rings (SSSR count). The molecule has 0 radical (unpaired) electrons. The lowest BCUT2D eigenvalue weighted by Gasteiger charge is -2.33. The molecule has 1 aliphatic heterocycles. The van der Waals surface area contributed by atoms with Crippen LogP contribution < -0.4 is 5.32 Å². The summed E-state index contributed by atoms with van der Waals surface area (Å²) >= 11 is 0. The first-order valence-corrected chi connectivity index (χ1v) is 12.5.